The molecule has 4 nitrogen and oxygen atoms in total. The molecule has 3 rings (SSSR count). The predicted octanol–water partition coefficient (Wildman–Crippen LogP) is 3.77. The predicted molar refractivity (Wildman–Crippen MR) is 90.8 cm³/mol. The first-order chi connectivity index (χ1) is 11.5. The highest BCUT2D eigenvalue weighted by molar-refractivity contribution is 5.99. The number of anilines is 1. The van der Waals surface area contributed by atoms with Gasteiger partial charge in [-0.1, -0.05) is 12.1 Å². The van der Waals surface area contributed by atoms with Crippen LogP contribution in [-0.2, 0) is 9.59 Å². The second kappa shape index (κ2) is 6.38. The van der Waals surface area contributed by atoms with E-state index in [0.717, 1.165) is 25.0 Å². The number of carbonyl (C=O) groups excluding carboxylic acids is 2. The molecule has 5 heteroatoms. The maximum Gasteiger partial charge on any atom is 0.236 e. The Bertz CT molecular complexity index is 713. The molecular formula is C19H23FN2O2. The summed E-state index contributed by atoms with van der Waals surface area (Å²) in [6.07, 6.45) is 5.45. The largest absolute Gasteiger partial charge is 0.325 e. The summed E-state index contributed by atoms with van der Waals surface area (Å²) in [7, 11) is 0. The molecule has 1 aliphatic heterocycles. The maximum absolute atomic E-state index is 13.8. The molecule has 1 unspecified atom stereocenters. The zero-order valence-corrected chi connectivity index (χ0v) is 14.2. The molecule has 0 saturated carbocycles. The highest BCUT2D eigenvalue weighted by atomic mass is 19.1. The van der Waals surface area contributed by atoms with Crippen LogP contribution in [0.1, 0.15) is 44.6 Å². The number of hydrogen-bond donors (Lipinski definition) is 1. The van der Waals surface area contributed by atoms with E-state index < -0.39 is 5.41 Å². The zero-order chi connectivity index (χ0) is 17.3. The number of nitrogens with zero attached hydrogens (tertiary/aromatic N) is 1. The molecule has 1 atom stereocenters. The van der Waals surface area contributed by atoms with Crippen molar-refractivity contribution < 1.29 is 14.0 Å². The lowest BCUT2D eigenvalue weighted by Gasteiger charge is -2.45. The Kier molecular flexibility index (Phi) is 4.43. The Balaban J connectivity index is 1.91. The molecule has 2 aliphatic rings. The molecule has 1 fully saturated rings. The topological polar surface area (TPSA) is 49.4 Å². The van der Waals surface area contributed by atoms with Crippen molar-refractivity contribution in [1.29, 1.82) is 0 Å². The number of aryl methyl sites for hydroxylation is 1. The molecule has 1 aromatic carbocycles. The zero-order valence-electron chi connectivity index (χ0n) is 14.2. The van der Waals surface area contributed by atoms with Gasteiger partial charge in [0, 0.05) is 24.4 Å². The minimum Gasteiger partial charge on any atom is -0.325 e. The first-order valence-electron chi connectivity index (χ1n) is 8.56. The summed E-state index contributed by atoms with van der Waals surface area (Å²) >= 11 is 0. The lowest BCUT2D eigenvalue weighted by atomic mass is 9.69. The van der Waals surface area contributed by atoms with Gasteiger partial charge in [0.05, 0.1) is 5.41 Å². The van der Waals surface area contributed by atoms with Gasteiger partial charge in [0.15, 0.2) is 0 Å². The number of benzene rings is 1. The number of rotatable bonds is 3. The van der Waals surface area contributed by atoms with Crippen LogP contribution >= 0.6 is 0 Å². The number of fused-ring (bicyclic) bond motifs is 1. The lowest BCUT2D eigenvalue weighted by Crippen LogP contribution is -2.51. The summed E-state index contributed by atoms with van der Waals surface area (Å²) in [6.45, 7) is 4.18. The van der Waals surface area contributed by atoms with E-state index in [4.69, 9.17) is 0 Å². The smallest absolute Gasteiger partial charge is 0.236 e. The minimum absolute atomic E-state index is 0.0791. The fourth-order valence-electron chi connectivity index (χ4n) is 3.79. The van der Waals surface area contributed by atoms with E-state index in [1.165, 1.54) is 6.07 Å². The van der Waals surface area contributed by atoms with E-state index in [2.05, 4.69) is 5.32 Å². The molecule has 128 valence electrons. The van der Waals surface area contributed by atoms with Crippen LogP contribution < -0.4 is 5.32 Å². The molecule has 24 heavy (non-hydrogen) atoms. The van der Waals surface area contributed by atoms with E-state index in [1.54, 1.807) is 24.0 Å². The van der Waals surface area contributed by atoms with Crippen LogP contribution in [0.2, 0.25) is 0 Å². The minimum atomic E-state index is -0.677. The lowest BCUT2D eigenvalue weighted by molar-refractivity contribution is -0.138. The first kappa shape index (κ1) is 16.7. The van der Waals surface area contributed by atoms with Crippen LogP contribution in [0.5, 0.6) is 0 Å². The van der Waals surface area contributed by atoms with Crippen LogP contribution in [-0.4, -0.2) is 23.3 Å². The number of allylic oxidation sites excluding steroid dienone is 1. The molecule has 1 aromatic rings. The Hall–Kier alpha value is -2.17. The van der Waals surface area contributed by atoms with Crippen molar-refractivity contribution in [2.45, 2.75) is 46.0 Å². The Morgan fingerprint density at radius 1 is 1.38 bits per heavy atom. The fourth-order valence-corrected chi connectivity index (χ4v) is 3.79. The average Bonchev–Trinajstić information content (AvgIpc) is 2.58. The van der Waals surface area contributed by atoms with Gasteiger partial charge in [-0.3, -0.25) is 9.59 Å². The third kappa shape index (κ3) is 2.72. The van der Waals surface area contributed by atoms with Crippen molar-refractivity contribution in [3.63, 3.8) is 0 Å². The highest BCUT2D eigenvalue weighted by Crippen LogP contribution is 2.47. The monoisotopic (exact) mass is 330 g/mol. The van der Waals surface area contributed by atoms with E-state index in [0.29, 0.717) is 30.6 Å². The van der Waals surface area contributed by atoms with Crippen LogP contribution in [0.15, 0.2) is 30.0 Å². The summed E-state index contributed by atoms with van der Waals surface area (Å²) in [5.41, 5.74) is 1.16. The summed E-state index contributed by atoms with van der Waals surface area (Å²) in [5, 5.41) is 2.87. The SMILES string of the molecule is CCN1C(=O)CCC2(C(=O)Nc3ccc(C)c(F)c3)CCCC=C12. The molecule has 2 amide bonds. The number of nitrogens with one attached hydrogen (secondary N) is 1. The number of amides is 2. The second-order valence-electron chi connectivity index (χ2n) is 6.62. The molecule has 1 aliphatic carbocycles. The second-order valence-corrected chi connectivity index (χ2v) is 6.62. The van der Waals surface area contributed by atoms with Gasteiger partial charge < -0.3 is 10.2 Å². The number of piperidine rings is 1. The number of hydrogen-bond acceptors (Lipinski definition) is 2. The number of likely N-dealkylation sites (tertiary alicyclic amines) is 1. The maximum atomic E-state index is 13.8. The standard InChI is InChI=1S/C19H23FN2O2/c1-3-22-16-6-4-5-10-19(16,11-9-17(22)23)18(24)21-14-8-7-13(2)15(20)12-14/h6-8,12H,3-5,9-11H2,1-2H3,(H,21,24). The quantitative estimate of drug-likeness (QED) is 0.917. The summed E-state index contributed by atoms with van der Waals surface area (Å²) in [6, 6.07) is 4.72. The highest BCUT2D eigenvalue weighted by Gasteiger charge is 2.49. The molecule has 0 radical (unpaired) electrons. The van der Waals surface area contributed by atoms with Gasteiger partial charge >= 0.3 is 0 Å². The van der Waals surface area contributed by atoms with E-state index in [9.17, 15) is 14.0 Å². The molecular weight excluding hydrogens is 307 g/mol. The van der Waals surface area contributed by atoms with Crippen molar-refractivity contribution in [3.8, 4) is 0 Å². The van der Waals surface area contributed by atoms with Crippen molar-refractivity contribution in [1.82, 2.24) is 4.90 Å². The summed E-state index contributed by atoms with van der Waals surface area (Å²) in [5.74, 6) is -0.392. The normalized spacial score (nSPS) is 23.5. The molecule has 1 N–H and O–H groups in total. The van der Waals surface area contributed by atoms with Gasteiger partial charge in [0.2, 0.25) is 11.8 Å². The fraction of sp³-hybridized carbons (Fsp3) is 0.474. The van der Waals surface area contributed by atoms with Gasteiger partial charge in [-0.05, 0) is 57.2 Å². The van der Waals surface area contributed by atoms with Gasteiger partial charge in [0.1, 0.15) is 5.82 Å². The Labute approximate surface area is 141 Å². The van der Waals surface area contributed by atoms with E-state index in [-0.39, 0.29) is 17.6 Å². The molecule has 0 aromatic heterocycles. The van der Waals surface area contributed by atoms with E-state index in [1.807, 2.05) is 13.0 Å². The third-order valence-electron chi connectivity index (χ3n) is 5.17. The van der Waals surface area contributed by atoms with Crippen molar-refractivity contribution in [2.24, 2.45) is 5.41 Å². The third-order valence-corrected chi connectivity index (χ3v) is 5.17. The van der Waals surface area contributed by atoms with Gasteiger partial charge in [-0.25, -0.2) is 4.39 Å². The summed E-state index contributed by atoms with van der Waals surface area (Å²) < 4.78 is 13.8. The van der Waals surface area contributed by atoms with Crippen molar-refractivity contribution in [2.75, 3.05) is 11.9 Å². The van der Waals surface area contributed by atoms with Crippen LogP contribution in [0.25, 0.3) is 0 Å². The van der Waals surface area contributed by atoms with Crippen LogP contribution in [0.3, 0.4) is 0 Å². The Morgan fingerprint density at radius 3 is 2.88 bits per heavy atom. The molecule has 1 heterocycles. The average molecular weight is 330 g/mol. The number of carbonyl (C=O) groups is 2. The van der Waals surface area contributed by atoms with Gasteiger partial charge in [-0.2, -0.15) is 0 Å². The molecule has 0 spiro atoms. The number of halogens is 1. The van der Waals surface area contributed by atoms with Gasteiger partial charge in [-0.15, -0.1) is 0 Å². The molecule has 0 bridgehead atoms. The van der Waals surface area contributed by atoms with Gasteiger partial charge in [0.25, 0.3) is 0 Å². The summed E-state index contributed by atoms with van der Waals surface area (Å²) in [4.78, 5) is 27.0. The molecule has 1 saturated heterocycles. The van der Waals surface area contributed by atoms with Crippen molar-refractivity contribution in [3.05, 3.63) is 41.4 Å². The van der Waals surface area contributed by atoms with E-state index >= 15 is 0 Å². The Morgan fingerprint density at radius 2 is 2.17 bits per heavy atom. The van der Waals surface area contributed by atoms with Crippen LogP contribution in [0.4, 0.5) is 10.1 Å². The van der Waals surface area contributed by atoms with Crippen molar-refractivity contribution >= 4 is 17.5 Å². The van der Waals surface area contributed by atoms with Crippen LogP contribution in [0, 0.1) is 18.2 Å². The first-order valence-corrected chi connectivity index (χ1v) is 8.56.